The molecule has 2 aromatic rings. The maximum atomic E-state index is 10.3. The van der Waals surface area contributed by atoms with Crippen molar-refractivity contribution in [1.29, 1.82) is 0 Å². The minimum atomic E-state index is -4.39. The second-order valence-electron chi connectivity index (χ2n) is 3.61. The second kappa shape index (κ2) is 7.23. The maximum absolute atomic E-state index is 10.3. The molecule has 0 aliphatic carbocycles. The van der Waals surface area contributed by atoms with E-state index in [0.717, 1.165) is 10.8 Å². The number of benzene rings is 2. The fraction of sp³-hybridized carbons (Fsp3) is 0.167. The second-order valence-corrected chi connectivity index (χ2v) is 4.70. The summed E-state index contributed by atoms with van der Waals surface area (Å²) in [6.45, 7) is -0.191. The molecule has 0 unspecified atom stereocenters. The first-order valence-corrected chi connectivity index (χ1v) is 6.64. The fourth-order valence-electron chi connectivity index (χ4n) is 1.56. The van der Waals surface area contributed by atoms with Gasteiger partial charge in [0.2, 0.25) is 0 Å². The SMILES string of the molecule is O=S(=O)(O)OCCOc1ccc2ccccc2c1.[NaH]. The number of ether oxygens (including phenoxy) is 1. The molecule has 0 radical (unpaired) electrons. The zero-order valence-corrected chi connectivity index (χ0v) is 10.3. The Hall–Kier alpha value is -0.630. The number of rotatable bonds is 5. The van der Waals surface area contributed by atoms with Crippen molar-refractivity contribution in [1.82, 2.24) is 0 Å². The molecule has 0 saturated carbocycles. The molecule has 5 nitrogen and oxygen atoms in total. The summed E-state index contributed by atoms with van der Waals surface area (Å²) in [6, 6.07) is 13.4. The van der Waals surface area contributed by atoms with E-state index in [1.54, 1.807) is 6.07 Å². The third-order valence-corrected chi connectivity index (χ3v) is 2.77. The summed E-state index contributed by atoms with van der Waals surface area (Å²) in [5, 5.41) is 2.13. The van der Waals surface area contributed by atoms with Crippen LogP contribution in [0.1, 0.15) is 0 Å². The van der Waals surface area contributed by atoms with Gasteiger partial charge in [0.05, 0.1) is 0 Å². The van der Waals surface area contributed by atoms with Crippen LogP contribution in [0.2, 0.25) is 0 Å². The van der Waals surface area contributed by atoms with E-state index in [0.29, 0.717) is 5.75 Å². The van der Waals surface area contributed by atoms with Crippen LogP contribution in [0, 0.1) is 0 Å². The molecule has 0 saturated heterocycles. The van der Waals surface area contributed by atoms with Crippen molar-refractivity contribution >= 4 is 50.7 Å². The van der Waals surface area contributed by atoms with Gasteiger partial charge in [0.1, 0.15) is 19.0 Å². The summed E-state index contributed by atoms with van der Waals surface area (Å²) >= 11 is 0. The Morgan fingerprint density at radius 3 is 2.37 bits per heavy atom. The molecule has 0 aliphatic rings. The number of fused-ring (bicyclic) bond motifs is 1. The molecule has 0 heterocycles. The van der Waals surface area contributed by atoms with Crippen LogP contribution in [0.3, 0.4) is 0 Å². The van der Waals surface area contributed by atoms with Gasteiger partial charge in [-0.1, -0.05) is 30.3 Å². The van der Waals surface area contributed by atoms with Crippen LogP contribution in [0.4, 0.5) is 0 Å². The monoisotopic (exact) mass is 292 g/mol. The van der Waals surface area contributed by atoms with E-state index in [1.165, 1.54) is 0 Å². The first-order chi connectivity index (χ1) is 8.54. The van der Waals surface area contributed by atoms with Gasteiger partial charge in [-0.25, -0.2) is 4.18 Å². The number of hydrogen-bond donors (Lipinski definition) is 1. The zero-order chi connectivity index (χ0) is 13.0. The molecule has 1 N–H and O–H groups in total. The number of hydrogen-bond acceptors (Lipinski definition) is 4. The van der Waals surface area contributed by atoms with Gasteiger partial charge in [0, 0.05) is 0 Å². The molecule has 19 heavy (non-hydrogen) atoms. The fourth-order valence-corrected chi connectivity index (χ4v) is 1.83. The van der Waals surface area contributed by atoms with E-state index in [1.807, 2.05) is 36.4 Å². The Balaban J connectivity index is 0.00000180. The average molecular weight is 292 g/mol. The van der Waals surface area contributed by atoms with E-state index in [-0.39, 0.29) is 42.8 Å². The van der Waals surface area contributed by atoms with Crippen molar-refractivity contribution in [2.75, 3.05) is 13.2 Å². The van der Waals surface area contributed by atoms with Crippen molar-refractivity contribution in [2.24, 2.45) is 0 Å². The predicted molar refractivity (Wildman–Crippen MR) is 74.1 cm³/mol. The molecule has 2 aromatic carbocycles. The molecule has 2 rings (SSSR count). The molecule has 0 spiro atoms. The van der Waals surface area contributed by atoms with Crippen molar-refractivity contribution in [3.63, 3.8) is 0 Å². The Morgan fingerprint density at radius 2 is 1.68 bits per heavy atom. The Labute approximate surface area is 133 Å². The summed E-state index contributed by atoms with van der Waals surface area (Å²) < 4.78 is 38.4. The van der Waals surface area contributed by atoms with Crippen molar-refractivity contribution in [3.8, 4) is 5.75 Å². The van der Waals surface area contributed by atoms with Crippen LogP contribution < -0.4 is 4.74 Å². The summed E-state index contributed by atoms with van der Waals surface area (Å²) in [6.07, 6.45) is 0. The summed E-state index contributed by atoms with van der Waals surface area (Å²) in [5.41, 5.74) is 0. The minimum absolute atomic E-state index is 0. The summed E-state index contributed by atoms with van der Waals surface area (Å²) in [4.78, 5) is 0. The van der Waals surface area contributed by atoms with Crippen molar-refractivity contribution in [2.45, 2.75) is 0 Å². The average Bonchev–Trinajstić information content (AvgIpc) is 2.33. The van der Waals surface area contributed by atoms with Gasteiger partial charge in [-0.3, -0.25) is 4.55 Å². The molecule has 0 bridgehead atoms. The van der Waals surface area contributed by atoms with Gasteiger partial charge in [0.15, 0.2) is 0 Å². The molecule has 0 atom stereocenters. The molecule has 0 aliphatic heterocycles. The molecule has 7 heteroatoms. The van der Waals surface area contributed by atoms with Crippen LogP contribution in [-0.2, 0) is 14.6 Å². The van der Waals surface area contributed by atoms with Gasteiger partial charge >= 0.3 is 40.0 Å². The Kier molecular flexibility index (Phi) is 6.25. The predicted octanol–water partition coefficient (Wildman–Crippen LogP) is 1.39. The molecule has 0 aromatic heterocycles. The standard InChI is InChI=1S/C12H12O5S.Na.H/c13-18(14,15)17-8-7-16-12-6-5-10-3-1-2-4-11(10)9-12;;/h1-6,9H,7-8H2,(H,13,14,15);;. The van der Waals surface area contributed by atoms with E-state index >= 15 is 0 Å². The van der Waals surface area contributed by atoms with Gasteiger partial charge in [0.25, 0.3) is 0 Å². The van der Waals surface area contributed by atoms with Crippen molar-refractivity contribution < 1.29 is 21.9 Å². The van der Waals surface area contributed by atoms with Crippen LogP contribution in [0.5, 0.6) is 5.75 Å². The van der Waals surface area contributed by atoms with E-state index < -0.39 is 10.4 Å². The van der Waals surface area contributed by atoms with Crippen molar-refractivity contribution in [3.05, 3.63) is 42.5 Å². The Bertz CT molecular complexity index is 641. The van der Waals surface area contributed by atoms with Gasteiger partial charge in [-0.05, 0) is 22.9 Å². The first kappa shape index (κ1) is 16.4. The molecule has 98 valence electrons. The van der Waals surface area contributed by atoms with Crippen LogP contribution in [0.25, 0.3) is 10.8 Å². The quantitative estimate of drug-likeness (QED) is 0.512. The van der Waals surface area contributed by atoms with Crippen LogP contribution in [0.15, 0.2) is 42.5 Å². The van der Waals surface area contributed by atoms with E-state index in [4.69, 9.17) is 9.29 Å². The van der Waals surface area contributed by atoms with Gasteiger partial charge in [-0.15, -0.1) is 0 Å². The molecular formula is C12H13NaO5S. The van der Waals surface area contributed by atoms with Gasteiger partial charge in [-0.2, -0.15) is 8.42 Å². The van der Waals surface area contributed by atoms with E-state index in [9.17, 15) is 8.42 Å². The third-order valence-electron chi connectivity index (χ3n) is 2.31. The first-order valence-electron chi connectivity index (χ1n) is 5.28. The van der Waals surface area contributed by atoms with Gasteiger partial charge < -0.3 is 4.74 Å². The van der Waals surface area contributed by atoms with Crippen LogP contribution >= 0.6 is 0 Å². The normalized spacial score (nSPS) is 11.0. The van der Waals surface area contributed by atoms with Crippen LogP contribution in [-0.4, -0.2) is 55.7 Å². The molecular weight excluding hydrogens is 279 g/mol. The van der Waals surface area contributed by atoms with E-state index in [2.05, 4.69) is 4.18 Å². The third kappa shape index (κ3) is 5.48. The summed E-state index contributed by atoms with van der Waals surface area (Å²) in [5.74, 6) is 0.618. The Morgan fingerprint density at radius 1 is 1.00 bits per heavy atom. The topological polar surface area (TPSA) is 72.8 Å². The molecule has 0 amide bonds. The zero-order valence-electron chi connectivity index (χ0n) is 9.44. The molecule has 0 fully saturated rings. The summed E-state index contributed by atoms with van der Waals surface area (Å²) in [7, 11) is -4.39.